The van der Waals surface area contributed by atoms with Crippen molar-refractivity contribution in [3.63, 3.8) is 0 Å². The summed E-state index contributed by atoms with van der Waals surface area (Å²) in [6, 6.07) is 77.7. The zero-order valence-electron chi connectivity index (χ0n) is 31.0. The van der Waals surface area contributed by atoms with E-state index in [0.717, 1.165) is 17.1 Å². The molecule has 0 aliphatic carbocycles. The Bertz CT molecular complexity index is 3230. The van der Waals surface area contributed by atoms with E-state index in [4.69, 9.17) is 0 Å². The van der Waals surface area contributed by atoms with E-state index < -0.39 is 0 Å². The van der Waals surface area contributed by atoms with Gasteiger partial charge >= 0.3 is 0 Å². The van der Waals surface area contributed by atoms with Gasteiger partial charge in [-0.2, -0.15) is 0 Å². The van der Waals surface area contributed by atoms with Crippen LogP contribution in [-0.4, -0.2) is 0 Å². The first-order chi connectivity index (χ1) is 28.3. The predicted molar refractivity (Wildman–Crippen MR) is 249 cm³/mol. The van der Waals surface area contributed by atoms with E-state index in [1.165, 1.54) is 84.9 Å². The average molecular weight is 762 g/mol. The standard InChI is InChI=1S/C54H35NS2/c1-3-15-37(16-4-1)41-19-7-8-22-46(41)53-42(38-17-5-2-6-18-38)23-13-25-48(53)55(49-26-14-24-47-44-21-10-12-28-51(44)57-54(47)49)40-32-29-36(30-33-40)39-31-34-45-43-20-9-11-27-50(43)56-52(45)35-39/h1-35H. The monoisotopic (exact) mass is 761 g/mol. The highest BCUT2D eigenvalue weighted by molar-refractivity contribution is 7.26. The van der Waals surface area contributed by atoms with E-state index in [0.29, 0.717) is 0 Å². The van der Waals surface area contributed by atoms with Gasteiger partial charge in [-0.1, -0.05) is 170 Å². The van der Waals surface area contributed by atoms with Gasteiger partial charge in [-0.25, -0.2) is 0 Å². The molecule has 9 aromatic carbocycles. The van der Waals surface area contributed by atoms with E-state index in [9.17, 15) is 0 Å². The molecule has 0 aliphatic rings. The predicted octanol–water partition coefficient (Wildman–Crippen LogP) is 16.6. The van der Waals surface area contributed by atoms with Crippen molar-refractivity contribution in [2.75, 3.05) is 4.90 Å². The topological polar surface area (TPSA) is 3.24 Å². The van der Waals surface area contributed by atoms with Gasteiger partial charge < -0.3 is 4.90 Å². The van der Waals surface area contributed by atoms with Crippen molar-refractivity contribution < 1.29 is 0 Å². The molecule has 2 heterocycles. The minimum Gasteiger partial charge on any atom is -0.308 e. The first-order valence-electron chi connectivity index (χ1n) is 19.3. The third kappa shape index (κ3) is 5.83. The molecule has 268 valence electrons. The summed E-state index contributed by atoms with van der Waals surface area (Å²) in [5.41, 5.74) is 13.0. The maximum Gasteiger partial charge on any atom is 0.0640 e. The molecule has 2 aromatic heterocycles. The summed E-state index contributed by atoms with van der Waals surface area (Å²) in [6.45, 7) is 0. The van der Waals surface area contributed by atoms with E-state index in [1.54, 1.807) is 0 Å². The number of thiophene rings is 2. The van der Waals surface area contributed by atoms with Crippen molar-refractivity contribution in [3.8, 4) is 44.5 Å². The molecule has 3 heteroatoms. The van der Waals surface area contributed by atoms with Crippen LogP contribution in [0.3, 0.4) is 0 Å². The smallest absolute Gasteiger partial charge is 0.0640 e. The lowest BCUT2D eigenvalue weighted by Crippen LogP contribution is -2.12. The van der Waals surface area contributed by atoms with Crippen LogP contribution in [0.1, 0.15) is 0 Å². The van der Waals surface area contributed by atoms with Crippen LogP contribution in [0.2, 0.25) is 0 Å². The van der Waals surface area contributed by atoms with Crippen LogP contribution >= 0.6 is 22.7 Å². The summed E-state index contributed by atoms with van der Waals surface area (Å²) in [5.74, 6) is 0. The largest absolute Gasteiger partial charge is 0.308 e. The Hall–Kier alpha value is -6.78. The summed E-state index contributed by atoms with van der Waals surface area (Å²) in [6.07, 6.45) is 0. The molecule has 0 amide bonds. The normalized spacial score (nSPS) is 11.5. The van der Waals surface area contributed by atoms with Gasteiger partial charge in [-0.3, -0.25) is 0 Å². The van der Waals surface area contributed by atoms with Gasteiger partial charge in [-0.15, -0.1) is 22.7 Å². The van der Waals surface area contributed by atoms with Gasteiger partial charge in [0.1, 0.15) is 0 Å². The van der Waals surface area contributed by atoms with Crippen LogP contribution < -0.4 is 4.90 Å². The summed E-state index contributed by atoms with van der Waals surface area (Å²) >= 11 is 3.74. The lowest BCUT2D eigenvalue weighted by atomic mass is 9.87. The summed E-state index contributed by atoms with van der Waals surface area (Å²) in [4.78, 5) is 2.50. The number of rotatable bonds is 7. The fourth-order valence-electron chi connectivity index (χ4n) is 8.46. The Balaban J connectivity index is 1.16. The summed E-state index contributed by atoms with van der Waals surface area (Å²) < 4.78 is 5.20. The SMILES string of the molecule is c1ccc(-c2ccccc2-c2c(-c3ccccc3)cccc2N(c2ccc(-c3ccc4c(c3)sc3ccccc34)cc2)c2cccc3c2sc2ccccc23)cc1. The van der Waals surface area contributed by atoms with Crippen molar-refractivity contribution in [2.45, 2.75) is 0 Å². The molecule has 0 spiro atoms. The van der Waals surface area contributed by atoms with Crippen molar-refractivity contribution in [1.82, 2.24) is 0 Å². The molecule has 0 fully saturated rings. The van der Waals surface area contributed by atoms with Gasteiger partial charge in [-0.05, 0) is 81.4 Å². The maximum atomic E-state index is 2.50. The summed E-state index contributed by atoms with van der Waals surface area (Å²) in [7, 11) is 0. The zero-order chi connectivity index (χ0) is 37.7. The molecule has 0 aliphatic heterocycles. The number of fused-ring (bicyclic) bond motifs is 6. The van der Waals surface area contributed by atoms with Crippen LogP contribution in [-0.2, 0) is 0 Å². The first-order valence-corrected chi connectivity index (χ1v) is 21.0. The highest BCUT2D eigenvalue weighted by atomic mass is 32.1. The molecular formula is C54H35NS2. The molecule has 0 saturated carbocycles. The van der Waals surface area contributed by atoms with Gasteiger partial charge in [0.25, 0.3) is 0 Å². The van der Waals surface area contributed by atoms with Crippen molar-refractivity contribution in [2.24, 2.45) is 0 Å². The molecule has 11 aromatic rings. The van der Waals surface area contributed by atoms with Crippen LogP contribution in [0.5, 0.6) is 0 Å². The number of hydrogen-bond donors (Lipinski definition) is 0. The van der Waals surface area contributed by atoms with Crippen LogP contribution in [0.25, 0.3) is 84.9 Å². The van der Waals surface area contributed by atoms with E-state index in [1.807, 2.05) is 22.7 Å². The molecule has 57 heavy (non-hydrogen) atoms. The molecule has 11 rings (SSSR count). The summed E-state index contributed by atoms with van der Waals surface area (Å²) in [5, 5.41) is 5.21. The number of benzene rings is 9. The molecule has 0 bridgehead atoms. The quantitative estimate of drug-likeness (QED) is 0.156. The molecule has 0 N–H and O–H groups in total. The van der Waals surface area contributed by atoms with Crippen molar-refractivity contribution in [3.05, 3.63) is 212 Å². The second-order valence-electron chi connectivity index (χ2n) is 14.4. The Morgan fingerprint density at radius 1 is 0.298 bits per heavy atom. The van der Waals surface area contributed by atoms with E-state index >= 15 is 0 Å². The Morgan fingerprint density at radius 3 is 1.58 bits per heavy atom. The number of hydrogen-bond acceptors (Lipinski definition) is 3. The lowest BCUT2D eigenvalue weighted by Gasteiger charge is -2.30. The van der Waals surface area contributed by atoms with Crippen molar-refractivity contribution >= 4 is 80.1 Å². The second-order valence-corrected chi connectivity index (χ2v) is 16.6. The van der Waals surface area contributed by atoms with Crippen LogP contribution in [0, 0.1) is 0 Å². The average Bonchev–Trinajstić information content (AvgIpc) is 3.86. The van der Waals surface area contributed by atoms with Gasteiger partial charge in [0, 0.05) is 46.9 Å². The van der Waals surface area contributed by atoms with Gasteiger partial charge in [0.15, 0.2) is 0 Å². The molecular weight excluding hydrogens is 727 g/mol. The Labute approximate surface area is 340 Å². The van der Waals surface area contributed by atoms with E-state index in [2.05, 4.69) is 217 Å². The minimum absolute atomic E-state index is 1.11. The van der Waals surface area contributed by atoms with Crippen LogP contribution in [0.4, 0.5) is 17.1 Å². The van der Waals surface area contributed by atoms with Gasteiger partial charge in [0.2, 0.25) is 0 Å². The highest BCUT2D eigenvalue weighted by Gasteiger charge is 2.25. The zero-order valence-corrected chi connectivity index (χ0v) is 32.6. The Morgan fingerprint density at radius 2 is 0.825 bits per heavy atom. The molecule has 0 atom stereocenters. The third-order valence-electron chi connectivity index (χ3n) is 11.1. The minimum atomic E-state index is 1.11. The molecule has 0 radical (unpaired) electrons. The highest BCUT2D eigenvalue weighted by Crippen LogP contribution is 2.51. The fraction of sp³-hybridized carbons (Fsp3) is 0. The van der Waals surface area contributed by atoms with E-state index in [-0.39, 0.29) is 0 Å². The second kappa shape index (κ2) is 14.1. The number of anilines is 3. The Kier molecular flexibility index (Phi) is 8.28. The third-order valence-corrected chi connectivity index (χ3v) is 13.5. The maximum absolute atomic E-state index is 2.50. The molecule has 0 saturated heterocycles. The molecule has 1 nitrogen and oxygen atoms in total. The first kappa shape index (κ1) is 33.5. The molecule has 0 unspecified atom stereocenters. The number of nitrogens with zero attached hydrogens (tertiary/aromatic N) is 1. The van der Waals surface area contributed by atoms with Crippen LogP contribution in [0.15, 0.2) is 212 Å². The fourth-order valence-corrected chi connectivity index (χ4v) is 10.8. The van der Waals surface area contributed by atoms with Gasteiger partial charge in [0.05, 0.1) is 16.1 Å². The lowest BCUT2D eigenvalue weighted by molar-refractivity contribution is 1.30. The van der Waals surface area contributed by atoms with Crippen molar-refractivity contribution in [1.29, 1.82) is 0 Å².